The molecule has 0 unspecified atom stereocenters. The predicted molar refractivity (Wildman–Crippen MR) is 53.1 cm³/mol. The number of rotatable bonds is 2. The Hall–Kier alpha value is -0.250. The molecule has 0 aromatic carbocycles. The van der Waals surface area contributed by atoms with E-state index in [1.165, 1.54) is 6.42 Å². The fourth-order valence-corrected chi connectivity index (χ4v) is 1.89. The van der Waals surface area contributed by atoms with Gasteiger partial charge in [0.25, 0.3) is 0 Å². The first kappa shape index (κ1) is 9.31. The van der Waals surface area contributed by atoms with Crippen molar-refractivity contribution in [3.8, 4) is 0 Å². The molecule has 1 aliphatic rings. The number of imidazole rings is 1. The Bertz CT molecular complexity index is 317. The molecule has 1 aliphatic heterocycles. The van der Waals surface area contributed by atoms with Gasteiger partial charge in [0.1, 0.15) is 0 Å². The summed E-state index contributed by atoms with van der Waals surface area (Å²) in [6.07, 6.45) is 1.28. The third kappa shape index (κ3) is 1.68. The van der Waals surface area contributed by atoms with Gasteiger partial charge in [0.2, 0.25) is 5.28 Å². The lowest BCUT2D eigenvalue weighted by atomic mass is 10.2. The molecule has 1 aromatic heterocycles. The molecular formula is C8H11Cl2N3. The number of nitrogens with zero attached hydrogens (tertiary/aromatic N) is 3. The molecule has 0 N–H and O–H groups in total. The van der Waals surface area contributed by atoms with E-state index >= 15 is 0 Å². The van der Waals surface area contributed by atoms with Crippen LogP contribution in [0.15, 0.2) is 0 Å². The Morgan fingerprint density at radius 1 is 1.38 bits per heavy atom. The van der Waals surface area contributed by atoms with E-state index < -0.39 is 0 Å². The zero-order valence-corrected chi connectivity index (χ0v) is 8.94. The molecule has 2 rings (SSSR count). The second-order valence-electron chi connectivity index (χ2n) is 3.31. The monoisotopic (exact) mass is 219 g/mol. The summed E-state index contributed by atoms with van der Waals surface area (Å²) in [5.41, 5.74) is 1.01. The first-order valence-corrected chi connectivity index (χ1v) is 5.03. The van der Waals surface area contributed by atoms with Gasteiger partial charge in [0.05, 0.1) is 5.69 Å². The maximum absolute atomic E-state index is 5.93. The lowest BCUT2D eigenvalue weighted by Crippen LogP contribution is -2.36. The van der Waals surface area contributed by atoms with E-state index in [-0.39, 0.29) is 0 Å². The minimum Gasteiger partial charge on any atom is -0.319 e. The summed E-state index contributed by atoms with van der Waals surface area (Å²) in [4.78, 5) is 6.31. The molecule has 5 heteroatoms. The summed E-state index contributed by atoms with van der Waals surface area (Å²) in [5, 5.41) is 0.986. The fraction of sp³-hybridized carbons (Fsp3) is 0.625. The van der Waals surface area contributed by atoms with Crippen LogP contribution in [0.1, 0.15) is 12.1 Å². The molecule has 2 heterocycles. The average Bonchev–Trinajstić information content (AvgIpc) is 2.21. The number of aromatic nitrogens is 2. The quantitative estimate of drug-likeness (QED) is 0.759. The Morgan fingerprint density at radius 2 is 2.08 bits per heavy atom. The van der Waals surface area contributed by atoms with E-state index in [1.807, 2.05) is 11.6 Å². The van der Waals surface area contributed by atoms with E-state index in [0.717, 1.165) is 25.3 Å². The van der Waals surface area contributed by atoms with Crippen molar-refractivity contribution in [2.24, 2.45) is 7.05 Å². The Kier molecular flexibility index (Phi) is 2.49. The molecular weight excluding hydrogens is 209 g/mol. The fourth-order valence-electron chi connectivity index (χ4n) is 1.39. The highest BCUT2D eigenvalue weighted by Crippen LogP contribution is 2.22. The van der Waals surface area contributed by atoms with Crippen molar-refractivity contribution in [3.05, 3.63) is 16.1 Å². The van der Waals surface area contributed by atoms with Crippen LogP contribution in [0.4, 0.5) is 0 Å². The summed E-state index contributed by atoms with van der Waals surface area (Å²) in [6.45, 7) is 3.16. The minimum atomic E-state index is 0.459. The predicted octanol–water partition coefficient (Wildman–Crippen LogP) is 1.93. The van der Waals surface area contributed by atoms with Crippen LogP contribution in [-0.4, -0.2) is 27.5 Å². The maximum atomic E-state index is 5.93. The Labute approximate surface area is 87.3 Å². The van der Waals surface area contributed by atoms with Crippen LogP contribution in [-0.2, 0) is 13.6 Å². The molecule has 13 heavy (non-hydrogen) atoms. The van der Waals surface area contributed by atoms with E-state index in [2.05, 4.69) is 9.88 Å². The highest BCUT2D eigenvalue weighted by molar-refractivity contribution is 6.32. The molecule has 0 aliphatic carbocycles. The molecule has 1 saturated heterocycles. The molecule has 3 nitrogen and oxygen atoms in total. The molecule has 0 radical (unpaired) electrons. The zero-order chi connectivity index (χ0) is 9.42. The summed E-state index contributed by atoms with van der Waals surface area (Å²) >= 11 is 11.8. The standard InChI is InChI=1S/C8H11Cl2N3/c1-12-6(5-13-3-2-4-13)7(9)11-8(12)10/h2-5H2,1H3. The molecule has 72 valence electrons. The first-order valence-electron chi connectivity index (χ1n) is 4.27. The van der Waals surface area contributed by atoms with Gasteiger partial charge in [-0.25, -0.2) is 4.98 Å². The van der Waals surface area contributed by atoms with E-state index in [9.17, 15) is 0 Å². The topological polar surface area (TPSA) is 21.1 Å². The third-order valence-electron chi connectivity index (χ3n) is 2.43. The van der Waals surface area contributed by atoms with Gasteiger partial charge in [-0.1, -0.05) is 11.6 Å². The molecule has 0 saturated carbocycles. The number of hydrogen-bond acceptors (Lipinski definition) is 2. The van der Waals surface area contributed by atoms with Crippen molar-refractivity contribution in [2.75, 3.05) is 13.1 Å². The molecule has 1 aromatic rings. The van der Waals surface area contributed by atoms with Crippen LogP contribution >= 0.6 is 23.2 Å². The number of halogens is 2. The van der Waals surface area contributed by atoms with Crippen LogP contribution < -0.4 is 0 Å². The Balaban J connectivity index is 2.17. The van der Waals surface area contributed by atoms with Crippen molar-refractivity contribution in [3.63, 3.8) is 0 Å². The van der Waals surface area contributed by atoms with Gasteiger partial charge in [0.15, 0.2) is 5.15 Å². The van der Waals surface area contributed by atoms with Crippen LogP contribution in [0.25, 0.3) is 0 Å². The van der Waals surface area contributed by atoms with E-state index in [0.29, 0.717) is 10.4 Å². The van der Waals surface area contributed by atoms with E-state index in [1.54, 1.807) is 0 Å². The van der Waals surface area contributed by atoms with Crippen molar-refractivity contribution in [1.29, 1.82) is 0 Å². The lowest BCUT2D eigenvalue weighted by Gasteiger charge is -2.30. The van der Waals surface area contributed by atoms with Gasteiger partial charge < -0.3 is 4.57 Å². The number of likely N-dealkylation sites (tertiary alicyclic amines) is 1. The number of hydrogen-bond donors (Lipinski definition) is 0. The molecule has 0 bridgehead atoms. The summed E-state index contributed by atoms with van der Waals surface area (Å²) in [5.74, 6) is 0. The van der Waals surface area contributed by atoms with Crippen LogP contribution in [0.2, 0.25) is 10.4 Å². The first-order chi connectivity index (χ1) is 6.18. The van der Waals surface area contributed by atoms with Crippen LogP contribution in [0, 0.1) is 0 Å². The largest absolute Gasteiger partial charge is 0.319 e. The molecule has 1 fully saturated rings. The maximum Gasteiger partial charge on any atom is 0.204 e. The van der Waals surface area contributed by atoms with Crippen molar-refractivity contribution in [1.82, 2.24) is 14.5 Å². The van der Waals surface area contributed by atoms with Gasteiger partial charge in [-0.3, -0.25) is 4.90 Å². The van der Waals surface area contributed by atoms with Gasteiger partial charge >= 0.3 is 0 Å². The average molecular weight is 220 g/mol. The van der Waals surface area contributed by atoms with Crippen LogP contribution in [0.5, 0.6) is 0 Å². The third-order valence-corrected chi connectivity index (χ3v) is 3.07. The highest BCUT2D eigenvalue weighted by Gasteiger charge is 2.19. The molecule has 0 atom stereocenters. The van der Waals surface area contributed by atoms with Gasteiger partial charge in [-0.2, -0.15) is 0 Å². The highest BCUT2D eigenvalue weighted by atomic mass is 35.5. The molecule has 0 amide bonds. The SMILES string of the molecule is Cn1c(Cl)nc(Cl)c1CN1CCC1. The second-order valence-corrected chi connectivity index (χ2v) is 4.00. The minimum absolute atomic E-state index is 0.459. The Morgan fingerprint density at radius 3 is 2.46 bits per heavy atom. The zero-order valence-electron chi connectivity index (χ0n) is 7.43. The van der Waals surface area contributed by atoms with E-state index in [4.69, 9.17) is 23.2 Å². The summed E-state index contributed by atoms with van der Waals surface area (Å²) in [6, 6.07) is 0. The summed E-state index contributed by atoms with van der Waals surface area (Å²) < 4.78 is 1.84. The van der Waals surface area contributed by atoms with Crippen molar-refractivity contribution < 1.29 is 0 Å². The molecule has 0 spiro atoms. The van der Waals surface area contributed by atoms with Gasteiger partial charge in [-0.15, -0.1) is 0 Å². The normalized spacial score (nSPS) is 17.5. The lowest BCUT2D eigenvalue weighted by molar-refractivity contribution is 0.169. The van der Waals surface area contributed by atoms with Crippen molar-refractivity contribution in [2.45, 2.75) is 13.0 Å². The van der Waals surface area contributed by atoms with Crippen molar-refractivity contribution >= 4 is 23.2 Å². The smallest absolute Gasteiger partial charge is 0.204 e. The van der Waals surface area contributed by atoms with Gasteiger partial charge in [0, 0.05) is 13.6 Å². The summed E-state index contributed by atoms with van der Waals surface area (Å²) in [7, 11) is 1.89. The van der Waals surface area contributed by atoms with Crippen LogP contribution in [0.3, 0.4) is 0 Å². The second kappa shape index (κ2) is 3.48. The van der Waals surface area contributed by atoms with Gasteiger partial charge in [-0.05, 0) is 31.1 Å².